The summed E-state index contributed by atoms with van der Waals surface area (Å²) >= 11 is 10.1. The molecule has 1 aliphatic heterocycles. The van der Waals surface area contributed by atoms with Crippen LogP contribution in [0.15, 0.2) is 91.9 Å². The molecule has 2 heterocycles. The first-order valence-electron chi connectivity index (χ1n) is 7.15. The van der Waals surface area contributed by atoms with Crippen molar-refractivity contribution in [3.05, 3.63) is 93.1 Å². The normalized spacial score (nSPS) is 10.7. The van der Waals surface area contributed by atoms with E-state index in [4.69, 9.17) is 0 Å². The van der Waals surface area contributed by atoms with Crippen molar-refractivity contribution in [1.29, 1.82) is 0 Å². The second kappa shape index (κ2) is 10.9. The molecule has 1 aliphatic rings. The van der Waals surface area contributed by atoms with Crippen molar-refractivity contribution in [3.63, 3.8) is 0 Å². The van der Waals surface area contributed by atoms with Crippen LogP contribution < -0.4 is 5.32 Å². The maximum atomic E-state index is 3.98. The third-order valence-electron chi connectivity index (χ3n) is 2.76. The fraction of sp³-hybridized carbons (Fsp3) is 0. The van der Waals surface area contributed by atoms with E-state index in [0.717, 1.165) is 19.1 Å². The molecule has 0 amide bonds. The zero-order valence-corrected chi connectivity index (χ0v) is 17.7. The lowest BCUT2D eigenvalue weighted by molar-refractivity contribution is 1.06. The maximum Gasteiger partial charge on any atom is 0.243 e. The summed E-state index contributed by atoms with van der Waals surface area (Å²) < 4.78 is 5.25. The van der Waals surface area contributed by atoms with Gasteiger partial charge < -0.3 is 4.57 Å². The van der Waals surface area contributed by atoms with Crippen LogP contribution in [0.4, 0.5) is 0 Å². The van der Waals surface area contributed by atoms with Crippen LogP contribution in [-0.4, -0.2) is 15.9 Å². The lowest BCUT2D eigenvalue weighted by atomic mass is 10.3. The van der Waals surface area contributed by atoms with Crippen molar-refractivity contribution in [2.75, 3.05) is 0 Å². The molecule has 4 rings (SSSR count). The van der Waals surface area contributed by atoms with Gasteiger partial charge in [0.1, 0.15) is 0 Å². The van der Waals surface area contributed by atoms with Gasteiger partial charge in [0, 0.05) is 36.5 Å². The third-order valence-corrected chi connectivity index (χ3v) is 4.24. The van der Waals surface area contributed by atoms with Crippen LogP contribution in [0.5, 0.6) is 0 Å². The van der Waals surface area contributed by atoms with Crippen LogP contribution in [-0.2, 0) is 0 Å². The van der Waals surface area contributed by atoms with E-state index < -0.39 is 0 Å². The van der Waals surface area contributed by atoms with Crippen LogP contribution in [0.2, 0.25) is 0 Å². The van der Waals surface area contributed by atoms with E-state index in [-0.39, 0.29) is 0 Å². The number of halogens is 3. The number of nitrogens with zero attached hydrogens (tertiary/aromatic N) is 3. The number of nitrogens with one attached hydrogen (secondary N) is 1. The Labute approximate surface area is 172 Å². The molecular weight excluding hydrogens is 512 g/mol. The Morgan fingerprint density at radius 2 is 1.60 bits per heavy atom. The van der Waals surface area contributed by atoms with Gasteiger partial charge in [0.05, 0.1) is 6.33 Å². The molecule has 1 N–H and O–H groups in total. The van der Waals surface area contributed by atoms with Crippen LogP contribution in [0.25, 0.3) is 5.69 Å². The van der Waals surface area contributed by atoms with Crippen LogP contribution >= 0.6 is 47.8 Å². The highest BCUT2D eigenvalue weighted by atomic mass is 79.9. The fourth-order valence-corrected chi connectivity index (χ4v) is 3.19. The Morgan fingerprint density at radius 1 is 0.920 bits per heavy atom. The van der Waals surface area contributed by atoms with Gasteiger partial charge in [-0.05, 0) is 36.4 Å². The van der Waals surface area contributed by atoms with E-state index >= 15 is 0 Å². The first kappa shape index (κ1) is 19.5. The van der Waals surface area contributed by atoms with E-state index in [1.165, 1.54) is 0 Å². The summed E-state index contributed by atoms with van der Waals surface area (Å²) in [6.07, 6.45) is 11.2. The summed E-state index contributed by atoms with van der Waals surface area (Å²) in [5, 5.41) is 2.69. The van der Waals surface area contributed by atoms with Crippen molar-refractivity contribution in [3.8, 4) is 5.69 Å². The minimum Gasteiger partial charge on any atom is -0.306 e. The molecule has 3 aromatic rings. The predicted octanol–water partition coefficient (Wildman–Crippen LogP) is 5.74. The number of imidazole rings is 1. The Morgan fingerprint density at radius 3 is 2.00 bits per heavy atom. The van der Waals surface area contributed by atoms with Crippen molar-refractivity contribution in [1.82, 2.24) is 14.9 Å². The molecule has 7 heteroatoms. The van der Waals surface area contributed by atoms with Crippen molar-refractivity contribution >= 4 is 54.1 Å². The summed E-state index contributed by atoms with van der Waals surface area (Å²) in [7, 11) is 0. The molecule has 1 aromatic heterocycles. The van der Waals surface area contributed by atoms with E-state index in [9.17, 15) is 0 Å². The van der Waals surface area contributed by atoms with Gasteiger partial charge in [-0.2, -0.15) is 0 Å². The zero-order chi connectivity index (χ0) is 17.9. The minimum atomic E-state index is 1.08. The maximum absolute atomic E-state index is 3.98. The molecule has 4 nitrogen and oxygen atoms in total. The molecule has 0 radical (unpaired) electrons. The number of benzene rings is 2. The van der Waals surface area contributed by atoms with Crippen LogP contribution in [0, 0.1) is 6.20 Å². The number of hydrogen-bond acceptors (Lipinski definition) is 3. The van der Waals surface area contributed by atoms with Crippen LogP contribution in [0.3, 0.4) is 0 Å². The van der Waals surface area contributed by atoms with E-state index in [0.29, 0.717) is 0 Å². The molecule has 126 valence electrons. The van der Waals surface area contributed by atoms with Gasteiger partial charge in [-0.25, -0.2) is 10.3 Å². The van der Waals surface area contributed by atoms with Gasteiger partial charge >= 0.3 is 0 Å². The second-order valence-corrected chi connectivity index (χ2v) is 7.34. The third kappa shape index (κ3) is 7.75. The summed E-state index contributed by atoms with van der Waals surface area (Å²) in [6.45, 7) is 0. The quantitative estimate of drug-likeness (QED) is 0.412. The molecule has 0 fully saturated rings. The largest absolute Gasteiger partial charge is 0.306 e. The second-order valence-electron chi connectivity index (χ2n) is 4.59. The summed E-state index contributed by atoms with van der Waals surface area (Å²) in [5.74, 6) is 0. The highest BCUT2D eigenvalue weighted by Crippen LogP contribution is 2.15. The molecule has 0 saturated heterocycles. The summed E-state index contributed by atoms with van der Waals surface area (Å²) in [5.41, 5.74) is 1.11. The average Bonchev–Trinajstić information content (AvgIpc) is 3.32. The molecule has 2 aromatic carbocycles. The number of hydrogen-bond donors (Lipinski definition) is 1. The van der Waals surface area contributed by atoms with Gasteiger partial charge in [0.25, 0.3) is 0 Å². The molecule has 25 heavy (non-hydrogen) atoms. The first-order valence-corrected chi connectivity index (χ1v) is 9.53. The number of aromatic nitrogens is 2. The van der Waals surface area contributed by atoms with Crippen molar-refractivity contribution in [2.24, 2.45) is 4.99 Å². The molecule has 0 saturated carbocycles. The van der Waals surface area contributed by atoms with Gasteiger partial charge in [0.15, 0.2) is 6.20 Å². The van der Waals surface area contributed by atoms with Gasteiger partial charge in [-0.3, -0.25) is 0 Å². The highest BCUT2D eigenvalue weighted by molar-refractivity contribution is 9.11. The Kier molecular flexibility index (Phi) is 8.55. The number of rotatable bonds is 1. The van der Waals surface area contributed by atoms with E-state index in [1.54, 1.807) is 25.1 Å². The van der Waals surface area contributed by atoms with E-state index in [2.05, 4.69) is 69.3 Å². The Hall–Kier alpha value is -1.79. The molecular formula is C18H14Br3N4+. The van der Waals surface area contributed by atoms with Gasteiger partial charge in [-0.1, -0.05) is 59.9 Å². The standard InChI is InChI=1S/C9H7BrN2.C6H4Br2.C3H3N2/c10-8-2-1-3-9(6-8)12-5-4-11-7-12;7-5-2-1-3-6(8)4-5;1-2-5-3-4-1/h1-7H;1-4H;1,3H,(H,4,5)/q;;+1. The van der Waals surface area contributed by atoms with Gasteiger partial charge in [0.2, 0.25) is 12.5 Å². The summed E-state index contributed by atoms with van der Waals surface area (Å²) in [4.78, 5) is 7.52. The lowest BCUT2D eigenvalue weighted by Gasteiger charge is -2.00. The Balaban J connectivity index is 0.000000149. The fourth-order valence-electron chi connectivity index (χ4n) is 1.69. The lowest BCUT2D eigenvalue weighted by Crippen LogP contribution is -1.92. The highest BCUT2D eigenvalue weighted by Gasteiger charge is 1.94. The molecule has 0 atom stereocenters. The topological polar surface area (TPSA) is 42.2 Å². The van der Waals surface area contributed by atoms with Crippen LogP contribution in [0.1, 0.15) is 0 Å². The van der Waals surface area contributed by atoms with Crippen molar-refractivity contribution < 1.29 is 0 Å². The van der Waals surface area contributed by atoms with E-state index in [1.807, 2.05) is 59.3 Å². The predicted molar refractivity (Wildman–Crippen MR) is 113 cm³/mol. The Bertz CT molecular complexity index is 803. The van der Waals surface area contributed by atoms with Gasteiger partial charge in [-0.15, -0.1) is 0 Å². The molecule has 0 bridgehead atoms. The van der Waals surface area contributed by atoms with Crippen molar-refractivity contribution in [2.45, 2.75) is 0 Å². The summed E-state index contributed by atoms with van der Waals surface area (Å²) in [6, 6.07) is 16.0. The number of aliphatic imine (C=N–C) groups is 1. The first-order chi connectivity index (χ1) is 12.1. The zero-order valence-electron chi connectivity index (χ0n) is 13.0. The monoisotopic (exact) mass is 523 g/mol. The SMILES string of the molecule is Brc1cccc(-n2ccnc2)c1.Brc1cccc(Br)c1.[C+]1=CNC=N1. The molecule has 0 unspecified atom stereocenters. The molecule has 0 spiro atoms. The smallest absolute Gasteiger partial charge is 0.243 e. The average molecular weight is 526 g/mol. The minimum absolute atomic E-state index is 1.08. The molecule has 0 aliphatic carbocycles.